The third-order valence-electron chi connectivity index (χ3n) is 3.12. The Kier molecular flexibility index (Phi) is 5.90. The lowest BCUT2D eigenvalue weighted by molar-refractivity contribution is 0.766. The molecule has 3 N–H and O–H groups in total. The second-order valence-corrected chi connectivity index (χ2v) is 4.68. The summed E-state index contributed by atoms with van der Waals surface area (Å²) < 4.78 is 0. The summed E-state index contributed by atoms with van der Waals surface area (Å²) in [6, 6.07) is 0.596. The van der Waals surface area contributed by atoms with Gasteiger partial charge >= 0.3 is 0 Å². The Bertz CT molecular complexity index is 401. The number of guanidine groups is 1. The summed E-state index contributed by atoms with van der Waals surface area (Å²) in [6.07, 6.45) is 3.08. The molecular formula is C12H22IN5. The van der Waals surface area contributed by atoms with Gasteiger partial charge in [-0.15, -0.1) is 24.0 Å². The van der Waals surface area contributed by atoms with Crippen molar-refractivity contribution in [1.29, 1.82) is 0 Å². The van der Waals surface area contributed by atoms with E-state index < -0.39 is 0 Å². The minimum absolute atomic E-state index is 0. The summed E-state index contributed by atoms with van der Waals surface area (Å²) >= 11 is 0. The van der Waals surface area contributed by atoms with E-state index in [0.717, 1.165) is 29.7 Å². The summed E-state index contributed by atoms with van der Waals surface area (Å²) in [5.74, 6) is 1.68. The van der Waals surface area contributed by atoms with E-state index in [1.807, 2.05) is 13.1 Å². The van der Waals surface area contributed by atoms with Crippen LogP contribution in [0.3, 0.4) is 0 Å². The number of aliphatic imine (C=N–C) groups is 1. The number of rotatable bonds is 4. The van der Waals surface area contributed by atoms with Crippen LogP contribution in [0.4, 0.5) is 0 Å². The number of H-pyrrole nitrogens is 1. The molecule has 1 aliphatic carbocycles. The van der Waals surface area contributed by atoms with Gasteiger partial charge in [0, 0.05) is 23.8 Å². The van der Waals surface area contributed by atoms with E-state index in [9.17, 15) is 0 Å². The Balaban J connectivity index is 0.00000162. The molecular weight excluding hydrogens is 341 g/mol. The van der Waals surface area contributed by atoms with Crippen molar-refractivity contribution in [3.63, 3.8) is 0 Å². The first kappa shape index (κ1) is 15.3. The number of aryl methyl sites for hydroxylation is 1. The molecule has 0 spiro atoms. The van der Waals surface area contributed by atoms with Crippen LogP contribution in [0.1, 0.15) is 31.5 Å². The third kappa shape index (κ3) is 4.15. The van der Waals surface area contributed by atoms with Gasteiger partial charge in [-0.2, -0.15) is 5.10 Å². The van der Waals surface area contributed by atoms with Crippen molar-refractivity contribution in [2.24, 2.45) is 10.9 Å². The Labute approximate surface area is 125 Å². The zero-order chi connectivity index (χ0) is 12.3. The van der Waals surface area contributed by atoms with Crippen molar-refractivity contribution in [1.82, 2.24) is 20.8 Å². The van der Waals surface area contributed by atoms with Crippen LogP contribution in [-0.4, -0.2) is 28.7 Å². The summed E-state index contributed by atoms with van der Waals surface area (Å²) in [7, 11) is 0. The second-order valence-electron chi connectivity index (χ2n) is 4.68. The van der Waals surface area contributed by atoms with Crippen LogP contribution in [0.25, 0.3) is 0 Å². The van der Waals surface area contributed by atoms with Crippen LogP contribution in [-0.2, 0) is 6.54 Å². The fourth-order valence-electron chi connectivity index (χ4n) is 1.72. The van der Waals surface area contributed by atoms with Crippen LogP contribution in [0, 0.1) is 12.8 Å². The molecule has 0 radical (unpaired) electrons. The van der Waals surface area contributed by atoms with Crippen LogP contribution in [0.15, 0.2) is 11.2 Å². The number of hydrogen-bond donors (Lipinski definition) is 3. The standard InChI is InChI=1S/C12H21N5.HI/c1-4-13-12(16-11-5-8(11)2)14-6-10-7-15-17-9(10)3;/h7-8,11H,4-6H2,1-3H3,(H,15,17)(H2,13,14,16);1H. The van der Waals surface area contributed by atoms with E-state index in [0.29, 0.717) is 12.6 Å². The van der Waals surface area contributed by atoms with Crippen molar-refractivity contribution in [3.05, 3.63) is 17.5 Å². The first-order valence-electron chi connectivity index (χ1n) is 6.24. The van der Waals surface area contributed by atoms with Gasteiger partial charge in [-0.1, -0.05) is 6.92 Å². The zero-order valence-corrected chi connectivity index (χ0v) is 13.5. The minimum Gasteiger partial charge on any atom is -0.357 e. The van der Waals surface area contributed by atoms with E-state index in [1.165, 1.54) is 6.42 Å². The van der Waals surface area contributed by atoms with Gasteiger partial charge in [0.2, 0.25) is 0 Å². The highest BCUT2D eigenvalue weighted by atomic mass is 127. The van der Waals surface area contributed by atoms with Crippen LogP contribution >= 0.6 is 24.0 Å². The summed E-state index contributed by atoms with van der Waals surface area (Å²) in [5.41, 5.74) is 2.23. The Hall–Kier alpha value is -0.790. The molecule has 0 amide bonds. The molecule has 5 nitrogen and oxygen atoms in total. The van der Waals surface area contributed by atoms with Crippen molar-refractivity contribution in [2.75, 3.05) is 6.54 Å². The van der Waals surface area contributed by atoms with Crippen molar-refractivity contribution in [2.45, 2.75) is 39.8 Å². The Morgan fingerprint density at radius 1 is 1.61 bits per heavy atom. The zero-order valence-electron chi connectivity index (χ0n) is 11.2. The maximum absolute atomic E-state index is 4.57. The molecule has 18 heavy (non-hydrogen) atoms. The lowest BCUT2D eigenvalue weighted by atomic mass is 10.3. The van der Waals surface area contributed by atoms with Crippen molar-refractivity contribution >= 4 is 29.9 Å². The number of aromatic amines is 1. The molecule has 6 heteroatoms. The second kappa shape index (κ2) is 6.96. The topological polar surface area (TPSA) is 65.1 Å². The van der Waals surface area contributed by atoms with Gasteiger partial charge in [0.05, 0.1) is 12.7 Å². The highest BCUT2D eigenvalue weighted by Gasteiger charge is 2.33. The fraction of sp³-hybridized carbons (Fsp3) is 0.667. The van der Waals surface area contributed by atoms with Gasteiger partial charge in [-0.05, 0) is 26.2 Å². The van der Waals surface area contributed by atoms with Crippen LogP contribution < -0.4 is 10.6 Å². The maximum atomic E-state index is 4.57. The quantitative estimate of drug-likeness (QED) is 0.434. The third-order valence-corrected chi connectivity index (χ3v) is 3.12. The van der Waals surface area contributed by atoms with E-state index in [-0.39, 0.29) is 24.0 Å². The van der Waals surface area contributed by atoms with Crippen molar-refractivity contribution in [3.8, 4) is 0 Å². The molecule has 102 valence electrons. The SMILES string of the molecule is CCNC(=NCc1cn[nH]c1C)NC1CC1C.I. The molecule has 1 aromatic heterocycles. The highest BCUT2D eigenvalue weighted by Crippen LogP contribution is 2.28. The van der Waals surface area contributed by atoms with E-state index in [4.69, 9.17) is 0 Å². The lowest BCUT2D eigenvalue weighted by Crippen LogP contribution is -2.39. The molecule has 2 unspecified atom stereocenters. The average Bonchev–Trinajstić information content (AvgIpc) is 2.83. The molecule has 0 saturated heterocycles. The molecule has 2 atom stereocenters. The maximum Gasteiger partial charge on any atom is 0.191 e. The summed E-state index contributed by atoms with van der Waals surface area (Å²) in [5, 5.41) is 13.6. The molecule has 1 heterocycles. The predicted octanol–water partition coefficient (Wildman–Crippen LogP) is 1.80. The smallest absolute Gasteiger partial charge is 0.191 e. The molecule has 0 bridgehead atoms. The normalized spacial score (nSPS) is 22.3. The molecule has 0 aliphatic heterocycles. The summed E-state index contributed by atoms with van der Waals surface area (Å²) in [6.45, 7) is 7.90. The Morgan fingerprint density at radius 2 is 2.33 bits per heavy atom. The highest BCUT2D eigenvalue weighted by molar-refractivity contribution is 14.0. The molecule has 1 aliphatic rings. The van der Waals surface area contributed by atoms with Crippen LogP contribution in [0.2, 0.25) is 0 Å². The van der Waals surface area contributed by atoms with Gasteiger partial charge in [0.15, 0.2) is 5.96 Å². The summed E-state index contributed by atoms with van der Waals surface area (Å²) in [4.78, 5) is 4.57. The van der Waals surface area contributed by atoms with Gasteiger partial charge < -0.3 is 10.6 Å². The first-order chi connectivity index (χ1) is 8.20. The number of nitrogens with zero attached hydrogens (tertiary/aromatic N) is 2. The predicted molar refractivity (Wildman–Crippen MR) is 84.3 cm³/mol. The lowest BCUT2D eigenvalue weighted by Gasteiger charge is -2.10. The number of nitrogens with one attached hydrogen (secondary N) is 3. The molecule has 1 fully saturated rings. The van der Waals surface area contributed by atoms with Crippen molar-refractivity contribution < 1.29 is 0 Å². The van der Waals surface area contributed by atoms with Crippen LogP contribution in [0.5, 0.6) is 0 Å². The average molecular weight is 363 g/mol. The molecule has 1 aromatic rings. The largest absolute Gasteiger partial charge is 0.357 e. The first-order valence-corrected chi connectivity index (χ1v) is 6.24. The molecule has 1 saturated carbocycles. The van der Waals surface area contributed by atoms with Gasteiger partial charge in [-0.3, -0.25) is 5.10 Å². The van der Waals surface area contributed by atoms with E-state index in [2.05, 4.69) is 39.7 Å². The van der Waals surface area contributed by atoms with Gasteiger partial charge in [-0.25, -0.2) is 4.99 Å². The van der Waals surface area contributed by atoms with Gasteiger partial charge in [0.25, 0.3) is 0 Å². The molecule has 0 aromatic carbocycles. The van der Waals surface area contributed by atoms with Gasteiger partial charge in [0.1, 0.15) is 0 Å². The fourth-order valence-corrected chi connectivity index (χ4v) is 1.72. The van der Waals surface area contributed by atoms with E-state index >= 15 is 0 Å². The number of halogens is 1. The number of aromatic nitrogens is 2. The minimum atomic E-state index is 0. The molecule has 2 rings (SSSR count). The van der Waals surface area contributed by atoms with E-state index in [1.54, 1.807) is 0 Å². The Morgan fingerprint density at radius 3 is 2.83 bits per heavy atom. The monoisotopic (exact) mass is 363 g/mol. The number of hydrogen-bond acceptors (Lipinski definition) is 2.